The first-order chi connectivity index (χ1) is 4.86. The van der Waals surface area contributed by atoms with Crippen LogP contribution >= 0.6 is 12.2 Å². The van der Waals surface area contributed by atoms with Crippen LogP contribution in [0.2, 0.25) is 0 Å². The third kappa shape index (κ3) is 0.752. The van der Waals surface area contributed by atoms with Gasteiger partial charge in [0.15, 0.2) is 5.49 Å². The molecule has 0 unspecified atom stereocenters. The zero-order chi connectivity index (χ0) is 6.97. The molecule has 1 aromatic heterocycles. The van der Waals surface area contributed by atoms with E-state index in [4.69, 9.17) is 12.2 Å². The molecule has 1 aliphatic rings. The van der Waals surface area contributed by atoms with Crippen LogP contribution < -0.4 is 10.7 Å². The van der Waals surface area contributed by atoms with Gasteiger partial charge in [0.25, 0.3) is 0 Å². The fourth-order valence-corrected chi connectivity index (χ4v) is 1.10. The Morgan fingerprint density at radius 1 is 1.40 bits per heavy atom. The van der Waals surface area contributed by atoms with Crippen LogP contribution in [0.4, 0.5) is 0 Å². The summed E-state index contributed by atoms with van der Waals surface area (Å²) in [4.78, 5) is 8.66. The van der Waals surface area contributed by atoms with Crippen molar-refractivity contribution in [1.82, 2.24) is 4.98 Å². The van der Waals surface area contributed by atoms with E-state index in [-0.39, 0.29) is 0 Å². The topological polar surface area (TPSA) is 25.2 Å². The van der Waals surface area contributed by atoms with E-state index >= 15 is 0 Å². The zero-order valence-corrected chi connectivity index (χ0v) is 5.93. The van der Waals surface area contributed by atoms with Gasteiger partial charge in [-0.05, 0) is 18.2 Å². The van der Waals surface area contributed by atoms with Crippen molar-refractivity contribution in [3.63, 3.8) is 0 Å². The first kappa shape index (κ1) is 5.68. The van der Waals surface area contributed by atoms with Gasteiger partial charge in [-0.2, -0.15) is 0 Å². The molecular weight excluding hydrogens is 144 g/mol. The number of fused-ring (bicyclic) bond motifs is 1. The van der Waals surface area contributed by atoms with Gasteiger partial charge >= 0.3 is 0 Å². The van der Waals surface area contributed by atoms with Crippen molar-refractivity contribution in [2.24, 2.45) is 4.99 Å². The summed E-state index contributed by atoms with van der Waals surface area (Å²) in [7, 11) is 0. The average Bonchev–Trinajstić information content (AvgIpc) is 2.27. The third-order valence-electron chi connectivity index (χ3n) is 1.31. The van der Waals surface area contributed by atoms with Crippen molar-refractivity contribution in [3.8, 4) is 0 Å². The van der Waals surface area contributed by atoms with Crippen LogP contribution in [0.25, 0.3) is 6.08 Å². The molecule has 1 aliphatic heterocycles. The maximum absolute atomic E-state index is 4.86. The molecule has 3 heteroatoms. The summed E-state index contributed by atoms with van der Waals surface area (Å²) in [5.41, 5.74) is 0.743. The molecule has 2 nitrogen and oxygen atoms in total. The predicted molar refractivity (Wildman–Crippen MR) is 42.1 cm³/mol. The van der Waals surface area contributed by atoms with E-state index in [9.17, 15) is 0 Å². The molecule has 0 N–H and O–H groups in total. The van der Waals surface area contributed by atoms with Crippen molar-refractivity contribution in [2.45, 2.75) is 0 Å². The van der Waals surface area contributed by atoms with Crippen molar-refractivity contribution in [3.05, 3.63) is 29.0 Å². The minimum Gasteiger partial charge on any atom is -0.237 e. The fraction of sp³-hybridized carbons (Fsp3) is 0. The Bertz CT molecular complexity index is 357. The van der Waals surface area contributed by atoms with Crippen molar-refractivity contribution < 1.29 is 0 Å². The quantitative estimate of drug-likeness (QED) is 0.477. The van der Waals surface area contributed by atoms with Gasteiger partial charge in [-0.1, -0.05) is 12.2 Å². The Labute approximate surface area is 62.9 Å². The number of hydrogen-bond acceptors (Lipinski definition) is 2. The summed E-state index contributed by atoms with van der Waals surface area (Å²) >= 11 is 4.86. The summed E-state index contributed by atoms with van der Waals surface area (Å²) in [6.45, 7) is 0. The lowest BCUT2D eigenvalue weighted by molar-refractivity contribution is 1.16. The van der Waals surface area contributed by atoms with Crippen LogP contribution in [0.15, 0.2) is 23.3 Å². The average molecular weight is 148 g/mol. The molecule has 1 aromatic rings. The summed E-state index contributed by atoms with van der Waals surface area (Å²) < 4.78 is 0. The normalized spacial score (nSPS) is 13.8. The molecular formula is C7H4N2S. The smallest absolute Gasteiger partial charge is 0.160 e. The van der Waals surface area contributed by atoms with E-state index in [1.54, 1.807) is 6.20 Å². The van der Waals surface area contributed by atoms with Crippen LogP contribution in [0.3, 0.4) is 0 Å². The third-order valence-corrected chi connectivity index (χ3v) is 1.52. The zero-order valence-electron chi connectivity index (χ0n) is 5.11. The lowest BCUT2D eigenvalue weighted by Crippen LogP contribution is -2.23. The second-order valence-corrected chi connectivity index (χ2v) is 2.43. The molecule has 0 atom stereocenters. The second-order valence-electron chi connectivity index (χ2n) is 2.01. The number of hydrogen-bond donors (Lipinski definition) is 0. The molecule has 48 valence electrons. The maximum Gasteiger partial charge on any atom is 0.160 e. The number of pyridine rings is 1. The van der Waals surface area contributed by atoms with E-state index in [1.165, 1.54) is 0 Å². The van der Waals surface area contributed by atoms with Crippen LogP contribution in [0.5, 0.6) is 0 Å². The number of nitrogens with zero attached hydrogens (tertiary/aromatic N) is 2. The molecule has 0 fully saturated rings. The van der Waals surface area contributed by atoms with Gasteiger partial charge < -0.3 is 0 Å². The highest BCUT2D eigenvalue weighted by atomic mass is 32.1. The van der Waals surface area contributed by atoms with Gasteiger partial charge in [0.1, 0.15) is 4.99 Å². The molecule has 0 spiro atoms. The lowest BCUT2D eigenvalue weighted by Gasteiger charge is -1.77. The van der Waals surface area contributed by atoms with Crippen LogP contribution in [-0.4, -0.2) is 9.97 Å². The Kier molecular flexibility index (Phi) is 1.11. The van der Waals surface area contributed by atoms with Gasteiger partial charge in [0.2, 0.25) is 0 Å². The first-order valence-corrected chi connectivity index (χ1v) is 3.32. The van der Waals surface area contributed by atoms with Gasteiger partial charge in [0, 0.05) is 11.4 Å². The minimum absolute atomic E-state index is 0.619. The van der Waals surface area contributed by atoms with Gasteiger partial charge in [-0.25, -0.2) is 9.98 Å². The maximum atomic E-state index is 4.86. The predicted octanol–water partition coefficient (Wildman–Crippen LogP) is -0.177. The number of thiocarbonyl (C=S) groups is 1. The van der Waals surface area contributed by atoms with E-state index in [2.05, 4.69) is 9.98 Å². The largest absolute Gasteiger partial charge is 0.237 e. The molecule has 10 heavy (non-hydrogen) atoms. The summed E-state index contributed by atoms with van der Waals surface area (Å²) in [6, 6.07) is 3.82. The molecule has 0 aliphatic carbocycles. The number of rotatable bonds is 0. The highest BCUT2D eigenvalue weighted by Gasteiger charge is 1.97. The Morgan fingerprint density at radius 3 is 3.10 bits per heavy atom. The molecule has 0 aromatic carbocycles. The lowest BCUT2D eigenvalue weighted by atomic mass is 10.4. The van der Waals surface area contributed by atoms with E-state index in [0.717, 1.165) is 10.7 Å². The fourth-order valence-electron chi connectivity index (χ4n) is 0.885. The molecule has 0 saturated carbocycles. The van der Waals surface area contributed by atoms with Crippen LogP contribution in [0.1, 0.15) is 0 Å². The van der Waals surface area contributed by atoms with Crippen LogP contribution in [-0.2, 0) is 0 Å². The highest BCUT2D eigenvalue weighted by molar-refractivity contribution is 7.81. The van der Waals surface area contributed by atoms with Gasteiger partial charge in [-0.3, -0.25) is 0 Å². The summed E-state index contributed by atoms with van der Waals surface area (Å²) in [6.07, 6.45) is 3.56. The molecule has 2 rings (SSSR count). The van der Waals surface area contributed by atoms with Crippen molar-refractivity contribution in [1.29, 1.82) is 0 Å². The monoisotopic (exact) mass is 148 g/mol. The highest BCUT2D eigenvalue weighted by Crippen LogP contribution is 1.83. The SMILES string of the molecule is S=C1C=c2cccnc2=N1. The first-order valence-electron chi connectivity index (χ1n) is 2.92. The van der Waals surface area contributed by atoms with Gasteiger partial charge in [0.05, 0.1) is 0 Å². The molecule has 0 bridgehead atoms. The Balaban J connectivity index is 2.96. The molecule has 0 saturated heterocycles. The second kappa shape index (κ2) is 1.95. The van der Waals surface area contributed by atoms with E-state index in [1.807, 2.05) is 18.2 Å². The van der Waals surface area contributed by atoms with Gasteiger partial charge in [-0.15, -0.1) is 0 Å². The Hall–Kier alpha value is -1.09. The Morgan fingerprint density at radius 2 is 2.30 bits per heavy atom. The van der Waals surface area contributed by atoms with E-state index < -0.39 is 0 Å². The van der Waals surface area contributed by atoms with E-state index in [0.29, 0.717) is 4.99 Å². The molecule has 0 amide bonds. The molecule has 2 heterocycles. The number of aromatic nitrogens is 1. The standard InChI is InChI=1S/C7H4N2S/c10-6-4-5-2-1-3-8-7(5)9-6/h1-4H. The summed E-state index contributed by atoms with van der Waals surface area (Å²) in [5, 5.41) is 1.02. The van der Waals surface area contributed by atoms with Crippen LogP contribution in [0, 0.1) is 0 Å². The minimum atomic E-state index is 0.619. The molecule has 0 radical (unpaired) electrons. The summed E-state index contributed by atoms with van der Waals surface area (Å²) in [5.74, 6) is 0. The van der Waals surface area contributed by atoms with Crippen molar-refractivity contribution in [2.75, 3.05) is 0 Å². The van der Waals surface area contributed by atoms with Crippen molar-refractivity contribution >= 4 is 23.3 Å².